The fraction of sp³-hybridized carbons (Fsp3) is 0.375. The molecule has 122 valence electrons. The zero-order valence-corrected chi connectivity index (χ0v) is 13.3. The van der Waals surface area contributed by atoms with Gasteiger partial charge in [-0.1, -0.05) is 0 Å². The van der Waals surface area contributed by atoms with Crippen molar-refractivity contribution < 1.29 is 19.4 Å². The lowest BCUT2D eigenvalue weighted by atomic mass is 10.1. The van der Waals surface area contributed by atoms with Crippen LogP contribution in [0.25, 0.3) is 11.3 Å². The van der Waals surface area contributed by atoms with E-state index in [1.807, 2.05) is 13.8 Å². The Morgan fingerprint density at radius 1 is 1.43 bits per heavy atom. The number of ether oxygens (including phenoxy) is 2. The van der Waals surface area contributed by atoms with E-state index in [-0.39, 0.29) is 24.1 Å². The number of imidazole rings is 1. The molecule has 0 atom stereocenters. The summed E-state index contributed by atoms with van der Waals surface area (Å²) in [6, 6.07) is 4.75. The summed E-state index contributed by atoms with van der Waals surface area (Å²) < 4.78 is 11.9. The molecule has 1 fully saturated rings. The van der Waals surface area contributed by atoms with E-state index in [1.54, 1.807) is 23.2 Å². The van der Waals surface area contributed by atoms with Gasteiger partial charge in [-0.2, -0.15) is 0 Å². The summed E-state index contributed by atoms with van der Waals surface area (Å²) in [5.74, 6) is 0.417. The molecule has 1 amide bonds. The van der Waals surface area contributed by atoms with Crippen LogP contribution < -0.4 is 4.74 Å². The van der Waals surface area contributed by atoms with Crippen LogP contribution in [0.1, 0.15) is 13.8 Å². The lowest BCUT2D eigenvalue weighted by Gasteiger charge is -2.28. The second-order valence-electron chi connectivity index (χ2n) is 6.05. The molecule has 0 unspecified atom stereocenters. The van der Waals surface area contributed by atoms with E-state index in [0.717, 1.165) is 5.56 Å². The molecule has 0 spiro atoms. The first-order valence-electron chi connectivity index (χ1n) is 7.23. The third-order valence-corrected chi connectivity index (χ3v) is 3.92. The zero-order chi connectivity index (χ0) is 16.6. The van der Waals surface area contributed by atoms with Crippen molar-refractivity contribution in [3.63, 3.8) is 0 Å². The fourth-order valence-corrected chi connectivity index (χ4v) is 2.51. The number of hydrogen-bond donors (Lipinski definition) is 1. The number of amides is 1. The quantitative estimate of drug-likeness (QED) is 0.919. The van der Waals surface area contributed by atoms with Crippen LogP contribution in [0.15, 0.2) is 30.7 Å². The molecule has 2 heterocycles. The van der Waals surface area contributed by atoms with E-state index in [0.29, 0.717) is 18.1 Å². The maximum Gasteiger partial charge on any atom is 0.331 e. The van der Waals surface area contributed by atoms with Crippen molar-refractivity contribution in [2.75, 3.05) is 20.4 Å². The van der Waals surface area contributed by atoms with Crippen molar-refractivity contribution in [1.29, 1.82) is 0 Å². The van der Waals surface area contributed by atoms with Crippen LogP contribution in [0.3, 0.4) is 0 Å². The van der Waals surface area contributed by atoms with Gasteiger partial charge < -0.3 is 14.6 Å². The summed E-state index contributed by atoms with van der Waals surface area (Å²) in [4.78, 5) is 18.5. The predicted octanol–water partition coefficient (Wildman–Crippen LogP) is 2.30. The van der Waals surface area contributed by atoms with Crippen LogP contribution in [0.4, 0.5) is 4.79 Å². The van der Waals surface area contributed by atoms with Crippen molar-refractivity contribution in [2.24, 2.45) is 0 Å². The van der Waals surface area contributed by atoms with Crippen molar-refractivity contribution in [2.45, 2.75) is 19.4 Å². The largest absolute Gasteiger partial charge is 0.504 e. The SMILES string of the molecule is COc1cc(-c2cn(C(=O)N3COCC3(C)C)cn2)ccc1O. The summed E-state index contributed by atoms with van der Waals surface area (Å²) in [5.41, 5.74) is 1.03. The topological polar surface area (TPSA) is 76.8 Å². The molecule has 23 heavy (non-hydrogen) atoms. The van der Waals surface area contributed by atoms with Gasteiger partial charge in [-0.05, 0) is 32.0 Å². The Morgan fingerprint density at radius 3 is 2.87 bits per heavy atom. The molecule has 7 nitrogen and oxygen atoms in total. The van der Waals surface area contributed by atoms with Gasteiger partial charge in [0.2, 0.25) is 0 Å². The van der Waals surface area contributed by atoms with Crippen LogP contribution >= 0.6 is 0 Å². The molecule has 2 aromatic rings. The number of nitrogens with zero attached hydrogens (tertiary/aromatic N) is 3. The number of carbonyl (C=O) groups is 1. The summed E-state index contributed by atoms with van der Waals surface area (Å²) >= 11 is 0. The molecule has 0 saturated carbocycles. The number of phenols is 1. The van der Waals surface area contributed by atoms with Crippen molar-refractivity contribution in [1.82, 2.24) is 14.5 Å². The minimum absolute atomic E-state index is 0.0581. The Bertz CT molecular complexity index is 739. The summed E-state index contributed by atoms with van der Waals surface area (Å²) in [6.07, 6.45) is 3.13. The van der Waals surface area contributed by atoms with Gasteiger partial charge in [0.05, 0.1) is 24.9 Å². The number of hydrogen-bond acceptors (Lipinski definition) is 5. The van der Waals surface area contributed by atoms with Crippen molar-refractivity contribution >= 4 is 6.03 Å². The third kappa shape index (κ3) is 2.75. The number of rotatable bonds is 2. The Labute approximate surface area is 134 Å². The Kier molecular flexibility index (Phi) is 3.73. The Morgan fingerprint density at radius 2 is 2.22 bits per heavy atom. The number of carbonyl (C=O) groups excluding carboxylic acids is 1. The number of benzene rings is 1. The van der Waals surface area contributed by atoms with Crippen LogP contribution in [-0.4, -0.2) is 51.6 Å². The molecule has 1 aliphatic rings. The number of phenolic OH excluding ortho intramolecular Hbond substituents is 1. The first kappa shape index (κ1) is 15.4. The van der Waals surface area contributed by atoms with E-state index in [9.17, 15) is 9.90 Å². The summed E-state index contributed by atoms with van der Waals surface area (Å²) in [7, 11) is 1.48. The Balaban J connectivity index is 1.87. The van der Waals surface area contributed by atoms with E-state index in [1.165, 1.54) is 24.1 Å². The van der Waals surface area contributed by atoms with Gasteiger partial charge in [0.25, 0.3) is 0 Å². The van der Waals surface area contributed by atoms with Gasteiger partial charge in [-0.15, -0.1) is 0 Å². The second kappa shape index (κ2) is 5.58. The molecule has 1 aromatic carbocycles. The van der Waals surface area contributed by atoms with Gasteiger partial charge in [-0.3, -0.25) is 9.47 Å². The van der Waals surface area contributed by atoms with Gasteiger partial charge in [0, 0.05) is 11.8 Å². The fourth-order valence-electron chi connectivity index (χ4n) is 2.51. The molecule has 1 aromatic heterocycles. The van der Waals surface area contributed by atoms with Gasteiger partial charge in [0.15, 0.2) is 11.5 Å². The number of aromatic hydroxyl groups is 1. The van der Waals surface area contributed by atoms with Gasteiger partial charge in [-0.25, -0.2) is 9.78 Å². The minimum atomic E-state index is -0.344. The van der Waals surface area contributed by atoms with E-state index < -0.39 is 0 Å². The third-order valence-electron chi connectivity index (χ3n) is 3.92. The number of aromatic nitrogens is 2. The first-order chi connectivity index (χ1) is 10.9. The van der Waals surface area contributed by atoms with Crippen LogP contribution in [0, 0.1) is 0 Å². The molecular weight excluding hydrogens is 298 g/mol. The molecule has 7 heteroatoms. The average molecular weight is 317 g/mol. The molecule has 0 aliphatic carbocycles. The first-order valence-corrected chi connectivity index (χ1v) is 7.23. The predicted molar refractivity (Wildman–Crippen MR) is 83.4 cm³/mol. The molecule has 0 bridgehead atoms. The molecule has 1 aliphatic heterocycles. The highest BCUT2D eigenvalue weighted by atomic mass is 16.5. The molecule has 1 saturated heterocycles. The molecule has 3 rings (SSSR count). The van der Waals surface area contributed by atoms with E-state index in [2.05, 4.69) is 4.98 Å². The van der Waals surface area contributed by atoms with Crippen molar-refractivity contribution in [3.05, 3.63) is 30.7 Å². The van der Waals surface area contributed by atoms with Crippen LogP contribution in [0.2, 0.25) is 0 Å². The van der Waals surface area contributed by atoms with Gasteiger partial charge in [0.1, 0.15) is 13.1 Å². The highest BCUT2D eigenvalue weighted by Crippen LogP contribution is 2.31. The lowest BCUT2D eigenvalue weighted by Crippen LogP contribution is -2.45. The standard InChI is InChI=1S/C16H19N3O4/c1-16(2)8-23-10-19(16)15(21)18-7-12(17-9-18)11-4-5-13(20)14(6-11)22-3/h4-7,9,20H,8,10H2,1-3H3. The maximum absolute atomic E-state index is 12.6. The molecule has 1 N–H and O–H groups in total. The highest BCUT2D eigenvalue weighted by Gasteiger charge is 2.37. The zero-order valence-electron chi connectivity index (χ0n) is 13.3. The van der Waals surface area contributed by atoms with E-state index in [4.69, 9.17) is 9.47 Å². The normalized spacial score (nSPS) is 16.6. The molecular formula is C16H19N3O4. The van der Waals surface area contributed by atoms with Crippen LogP contribution in [0.5, 0.6) is 11.5 Å². The highest BCUT2D eigenvalue weighted by molar-refractivity contribution is 5.79. The van der Waals surface area contributed by atoms with Crippen LogP contribution in [-0.2, 0) is 4.74 Å². The monoisotopic (exact) mass is 317 g/mol. The van der Waals surface area contributed by atoms with Crippen molar-refractivity contribution in [3.8, 4) is 22.8 Å². The second-order valence-corrected chi connectivity index (χ2v) is 6.05. The number of methoxy groups -OCH3 is 1. The maximum atomic E-state index is 12.6. The lowest BCUT2D eigenvalue weighted by molar-refractivity contribution is 0.140. The summed E-state index contributed by atoms with van der Waals surface area (Å²) in [5, 5.41) is 9.65. The molecule has 0 radical (unpaired) electrons. The minimum Gasteiger partial charge on any atom is -0.504 e. The van der Waals surface area contributed by atoms with Gasteiger partial charge >= 0.3 is 6.03 Å². The van der Waals surface area contributed by atoms with E-state index >= 15 is 0 Å². The Hall–Kier alpha value is -2.54. The smallest absolute Gasteiger partial charge is 0.331 e. The average Bonchev–Trinajstić information content (AvgIpc) is 3.13. The summed E-state index contributed by atoms with van der Waals surface area (Å²) in [6.45, 7) is 4.70.